The highest BCUT2D eigenvalue weighted by atomic mass is 16.2. The van der Waals surface area contributed by atoms with E-state index in [1.807, 2.05) is 51.1 Å². The number of amides is 1. The standard InChI is InChI=1S/C14H22N2O/c1-4-12(15)10-16-13(17)14(2,3)11-8-6-5-7-9-11/h5-9,12H,4,10,15H2,1-3H3,(H,16,17). The number of nitrogens with one attached hydrogen (secondary N) is 1. The first-order valence-electron chi connectivity index (χ1n) is 6.08. The summed E-state index contributed by atoms with van der Waals surface area (Å²) in [6.45, 7) is 6.40. The van der Waals surface area contributed by atoms with Crippen molar-refractivity contribution >= 4 is 5.91 Å². The van der Waals surface area contributed by atoms with Crippen LogP contribution in [0.3, 0.4) is 0 Å². The monoisotopic (exact) mass is 234 g/mol. The van der Waals surface area contributed by atoms with Gasteiger partial charge in [0, 0.05) is 12.6 Å². The lowest BCUT2D eigenvalue weighted by atomic mass is 9.83. The van der Waals surface area contributed by atoms with Crippen molar-refractivity contribution in [3.63, 3.8) is 0 Å². The molecule has 0 saturated carbocycles. The molecule has 1 aromatic carbocycles. The van der Waals surface area contributed by atoms with E-state index >= 15 is 0 Å². The van der Waals surface area contributed by atoms with Crippen molar-refractivity contribution in [2.24, 2.45) is 5.73 Å². The molecule has 1 unspecified atom stereocenters. The highest BCUT2D eigenvalue weighted by molar-refractivity contribution is 5.87. The van der Waals surface area contributed by atoms with Crippen molar-refractivity contribution in [3.05, 3.63) is 35.9 Å². The van der Waals surface area contributed by atoms with E-state index in [0.29, 0.717) is 6.54 Å². The Bertz CT molecular complexity index is 360. The van der Waals surface area contributed by atoms with Gasteiger partial charge in [0.1, 0.15) is 0 Å². The summed E-state index contributed by atoms with van der Waals surface area (Å²) in [4.78, 5) is 12.1. The summed E-state index contributed by atoms with van der Waals surface area (Å²) in [5, 5.41) is 2.91. The summed E-state index contributed by atoms with van der Waals surface area (Å²) in [5.41, 5.74) is 6.29. The van der Waals surface area contributed by atoms with Gasteiger partial charge >= 0.3 is 0 Å². The molecule has 3 nitrogen and oxygen atoms in total. The fraction of sp³-hybridized carbons (Fsp3) is 0.500. The second kappa shape index (κ2) is 5.82. The Morgan fingerprint density at radius 2 is 1.94 bits per heavy atom. The Kier molecular flexibility index (Phi) is 4.70. The predicted molar refractivity (Wildman–Crippen MR) is 70.7 cm³/mol. The number of hydrogen-bond acceptors (Lipinski definition) is 2. The molecule has 94 valence electrons. The number of rotatable bonds is 5. The molecule has 0 heterocycles. The fourth-order valence-corrected chi connectivity index (χ4v) is 1.58. The Labute approximate surface area is 103 Å². The van der Waals surface area contributed by atoms with Crippen LogP contribution in [0.5, 0.6) is 0 Å². The van der Waals surface area contributed by atoms with Gasteiger partial charge < -0.3 is 11.1 Å². The lowest BCUT2D eigenvalue weighted by molar-refractivity contribution is -0.125. The molecule has 17 heavy (non-hydrogen) atoms. The zero-order valence-corrected chi connectivity index (χ0v) is 10.9. The molecule has 1 rings (SSSR count). The van der Waals surface area contributed by atoms with Gasteiger partial charge in [-0.1, -0.05) is 37.3 Å². The zero-order chi connectivity index (χ0) is 12.9. The Morgan fingerprint density at radius 3 is 2.47 bits per heavy atom. The largest absolute Gasteiger partial charge is 0.354 e. The summed E-state index contributed by atoms with van der Waals surface area (Å²) in [6, 6.07) is 9.82. The van der Waals surface area contributed by atoms with Crippen LogP contribution in [0.25, 0.3) is 0 Å². The molecule has 3 heteroatoms. The summed E-state index contributed by atoms with van der Waals surface area (Å²) < 4.78 is 0. The van der Waals surface area contributed by atoms with Crippen LogP contribution < -0.4 is 11.1 Å². The highest BCUT2D eigenvalue weighted by Gasteiger charge is 2.29. The second-order valence-corrected chi connectivity index (χ2v) is 4.87. The molecular weight excluding hydrogens is 212 g/mol. The van der Waals surface area contributed by atoms with E-state index in [9.17, 15) is 4.79 Å². The van der Waals surface area contributed by atoms with E-state index in [1.165, 1.54) is 0 Å². The van der Waals surface area contributed by atoms with Crippen molar-refractivity contribution in [3.8, 4) is 0 Å². The number of carbonyl (C=O) groups is 1. The van der Waals surface area contributed by atoms with Gasteiger partial charge in [0.15, 0.2) is 0 Å². The van der Waals surface area contributed by atoms with Gasteiger partial charge in [0.2, 0.25) is 5.91 Å². The molecule has 0 bridgehead atoms. The van der Waals surface area contributed by atoms with Gasteiger partial charge in [0.25, 0.3) is 0 Å². The number of nitrogens with two attached hydrogens (primary N) is 1. The van der Waals surface area contributed by atoms with Gasteiger partial charge in [-0.3, -0.25) is 4.79 Å². The van der Waals surface area contributed by atoms with Crippen LogP contribution in [0, 0.1) is 0 Å². The molecule has 0 spiro atoms. The quantitative estimate of drug-likeness (QED) is 0.816. The molecule has 0 aliphatic heterocycles. The minimum absolute atomic E-state index is 0.0209. The van der Waals surface area contributed by atoms with Crippen LogP contribution in [0.15, 0.2) is 30.3 Å². The van der Waals surface area contributed by atoms with Crippen molar-refractivity contribution in [1.82, 2.24) is 5.32 Å². The summed E-state index contributed by atoms with van der Waals surface area (Å²) in [5.74, 6) is 0.0209. The summed E-state index contributed by atoms with van der Waals surface area (Å²) >= 11 is 0. The lowest BCUT2D eigenvalue weighted by Gasteiger charge is -2.25. The van der Waals surface area contributed by atoms with Crippen LogP contribution in [0.2, 0.25) is 0 Å². The number of carbonyl (C=O) groups excluding carboxylic acids is 1. The third kappa shape index (κ3) is 3.56. The van der Waals surface area contributed by atoms with Crippen LogP contribution >= 0.6 is 0 Å². The smallest absolute Gasteiger partial charge is 0.230 e. The maximum absolute atomic E-state index is 12.1. The van der Waals surface area contributed by atoms with E-state index in [2.05, 4.69) is 5.32 Å². The van der Waals surface area contributed by atoms with Crippen LogP contribution in [-0.4, -0.2) is 18.5 Å². The summed E-state index contributed by atoms with van der Waals surface area (Å²) in [6.07, 6.45) is 0.867. The van der Waals surface area contributed by atoms with Crippen molar-refractivity contribution in [2.75, 3.05) is 6.54 Å². The molecule has 1 aromatic rings. The van der Waals surface area contributed by atoms with E-state index < -0.39 is 5.41 Å². The maximum Gasteiger partial charge on any atom is 0.230 e. The van der Waals surface area contributed by atoms with Crippen LogP contribution in [-0.2, 0) is 10.2 Å². The van der Waals surface area contributed by atoms with E-state index in [-0.39, 0.29) is 11.9 Å². The molecule has 0 saturated heterocycles. The van der Waals surface area contributed by atoms with Crippen LogP contribution in [0.1, 0.15) is 32.8 Å². The highest BCUT2D eigenvalue weighted by Crippen LogP contribution is 2.22. The van der Waals surface area contributed by atoms with E-state index in [4.69, 9.17) is 5.73 Å². The maximum atomic E-state index is 12.1. The fourth-order valence-electron chi connectivity index (χ4n) is 1.58. The van der Waals surface area contributed by atoms with Crippen molar-refractivity contribution in [1.29, 1.82) is 0 Å². The zero-order valence-electron chi connectivity index (χ0n) is 10.9. The third-order valence-electron chi connectivity index (χ3n) is 3.11. The number of hydrogen-bond donors (Lipinski definition) is 2. The predicted octanol–water partition coefficient (Wildman–Crippen LogP) is 1.82. The van der Waals surface area contributed by atoms with Crippen molar-refractivity contribution < 1.29 is 4.79 Å². The topological polar surface area (TPSA) is 55.1 Å². The SMILES string of the molecule is CCC(N)CNC(=O)C(C)(C)c1ccccc1. The lowest BCUT2D eigenvalue weighted by Crippen LogP contribution is -2.44. The van der Waals surface area contributed by atoms with E-state index in [1.54, 1.807) is 0 Å². The first-order valence-corrected chi connectivity index (χ1v) is 6.08. The Morgan fingerprint density at radius 1 is 1.35 bits per heavy atom. The molecule has 0 radical (unpaired) electrons. The first-order chi connectivity index (χ1) is 7.98. The first kappa shape index (κ1) is 13.7. The van der Waals surface area contributed by atoms with Gasteiger partial charge in [0.05, 0.1) is 5.41 Å². The Hall–Kier alpha value is -1.35. The molecule has 0 aromatic heterocycles. The number of benzene rings is 1. The average Bonchev–Trinajstić information content (AvgIpc) is 2.36. The summed E-state index contributed by atoms with van der Waals surface area (Å²) in [7, 11) is 0. The van der Waals surface area contributed by atoms with Crippen LogP contribution in [0.4, 0.5) is 0 Å². The average molecular weight is 234 g/mol. The van der Waals surface area contributed by atoms with E-state index in [0.717, 1.165) is 12.0 Å². The van der Waals surface area contributed by atoms with Crippen molar-refractivity contribution in [2.45, 2.75) is 38.6 Å². The Balaban J connectivity index is 2.67. The molecule has 0 aliphatic rings. The molecule has 1 amide bonds. The normalized spacial score (nSPS) is 13.2. The second-order valence-electron chi connectivity index (χ2n) is 4.87. The minimum Gasteiger partial charge on any atom is -0.354 e. The molecule has 1 atom stereocenters. The third-order valence-corrected chi connectivity index (χ3v) is 3.11. The molecule has 0 fully saturated rings. The van der Waals surface area contributed by atoms with Gasteiger partial charge in [-0.15, -0.1) is 0 Å². The van der Waals surface area contributed by atoms with Gasteiger partial charge in [-0.2, -0.15) is 0 Å². The molecule has 0 aliphatic carbocycles. The molecule has 3 N–H and O–H groups in total. The van der Waals surface area contributed by atoms with Gasteiger partial charge in [-0.25, -0.2) is 0 Å². The molecular formula is C14H22N2O. The minimum atomic E-state index is -0.519. The van der Waals surface area contributed by atoms with Gasteiger partial charge in [-0.05, 0) is 25.8 Å².